The molecule has 27 heavy (non-hydrogen) atoms. The van der Waals surface area contributed by atoms with Gasteiger partial charge >= 0.3 is 0 Å². The van der Waals surface area contributed by atoms with Gasteiger partial charge in [0.15, 0.2) is 0 Å². The zero-order chi connectivity index (χ0) is 19.4. The highest BCUT2D eigenvalue weighted by Crippen LogP contribution is 2.25. The zero-order valence-corrected chi connectivity index (χ0v) is 14.6. The minimum Gasteiger partial charge on any atom is -0.393 e. The second kappa shape index (κ2) is 7.86. The van der Waals surface area contributed by atoms with E-state index in [4.69, 9.17) is 5.73 Å². The number of nitrogens with zero attached hydrogens (tertiary/aromatic N) is 1. The van der Waals surface area contributed by atoms with Crippen LogP contribution in [0.15, 0.2) is 42.5 Å². The van der Waals surface area contributed by atoms with E-state index < -0.39 is 10.8 Å². The van der Waals surface area contributed by atoms with Crippen LogP contribution >= 0.6 is 0 Å². The highest BCUT2D eigenvalue weighted by atomic mass is 16.6. The van der Waals surface area contributed by atoms with Crippen molar-refractivity contribution in [1.29, 1.82) is 0 Å². The first-order valence-corrected chi connectivity index (χ1v) is 8.71. The average molecular weight is 368 g/mol. The molecule has 1 saturated carbocycles. The Morgan fingerprint density at radius 2 is 1.70 bits per heavy atom. The van der Waals surface area contributed by atoms with Crippen LogP contribution in [0.4, 0.5) is 17.1 Å². The zero-order valence-electron chi connectivity index (χ0n) is 14.6. The predicted molar refractivity (Wildman–Crippen MR) is 102 cm³/mol. The highest BCUT2D eigenvalue weighted by molar-refractivity contribution is 6.09. The maximum absolute atomic E-state index is 12.4. The van der Waals surface area contributed by atoms with E-state index in [0.29, 0.717) is 11.3 Å². The van der Waals surface area contributed by atoms with Gasteiger partial charge < -0.3 is 16.4 Å². The first-order valence-electron chi connectivity index (χ1n) is 8.71. The number of nitrogens with two attached hydrogens (primary N) is 1. The maximum atomic E-state index is 12.4. The number of carbonyl (C=O) groups is 2. The monoisotopic (exact) mass is 368 g/mol. The molecule has 8 heteroatoms. The number of hydrogen-bond acceptors (Lipinski definition) is 5. The van der Waals surface area contributed by atoms with Crippen LogP contribution in [-0.4, -0.2) is 22.8 Å². The Kier molecular flexibility index (Phi) is 5.35. The topological polar surface area (TPSA) is 127 Å². The number of hydrogen-bond donors (Lipinski definition) is 3. The van der Waals surface area contributed by atoms with Crippen molar-refractivity contribution in [3.63, 3.8) is 0 Å². The molecule has 0 heterocycles. The van der Waals surface area contributed by atoms with E-state index in [9.17, 15) is 19.7 Å². The van der Waals surface area contributed by atoms with Crippen molar-refractivity contribution in [1.82, 2.24) is 5.32 Å². The van der Waals surface area contributed by atoms with E-state index in [0.717, 1.165) is 25.7 Å². The van der Waals surface area contributed by atoms with Gasteiger partial charge in [-0.2, -0.15) is 0 Å². The number of nitrogen functional groups attached to an aromatic ring is 1. The Hall–Kier alpha value is -3.42. The molecule has 2 aromatic carbocycles. The summed E-state index contributed by atoms with van der Waals surface area (Å²) in [5, 5.41) is 16.6. The Balaban J connectivity index is 1.67. The van der Waals surface area contributed by atoms with Crippen LogP contribution in [0.2, 0.25) is 0 Å². The van der Waals surface area contributed by atoms with Crippen LogP contribution in [0.3, 0.4) is 0 Å². The number of nitro benzene ring substituents is 1. The quantitative estimate of drug-likeness (QED) is 0.424. The summed E-state index contributed by atoms with van der Waals surface area (Å²) in [6.45, 7) is 0. The van der Waals surface area contributed by atoms with E-state index in [1.165, 1.54) is 18.2 Å². The van der Waals surface area contributed by atoms with Crippen LogP contribution in [-0.2, 0) is 0 Å². The summed E-state index contributed by atoms with van der Waals surface area (Å²) in [6.07, 6.45) is 4.28. The summed E-state index contributed by atoms with van der Waals surface area (Å²) >= 11 is 0. The molecule has 0 spiro atoms. The summed E-state index contributed by atoms with van der Waals surface area (Å²) in [5.74, 6) is -0.693. The van der Waals surface area contributed by atoms with Crippen LogP contribution in [0.5, 0.6) is 0 Å². The van der Waals surface area contributed by atoms with Crippen LogP contribution in [0, 0.1) is 10.1 Å². The molecular formula is C19H20N4O4. The molecule has 0 saturated heterocycles. The molecule has 0 radical (unpaired) electrons. The van der Waals surface area contributed by atoms with Crippen molar-refractivity contribution in [2.75, 3.05) is 11.1 Å². The van der Waals surface area contributed by atoms with Gasteiger partial charge in [0.05, 0.1) is 10.5 Å². The second-order valence-electron chi connectivity index (χ2n) is 6.48. The third-order valence-corrected chi connectivity index (χ3v) is 4.62. The van der Waals surface area contributed by atoms with Gasteiger partial charge in [-0.3, -0.25) is 19.7 Å². The van der Waals surface area contributed by atoms with Crippen molar-refractivity contribution in [3.8, 4) is 0 Å². The number of benzene rings is 2. The standard InChI is InChI=1S/C19H20N4O4/c20-17-15(6-3-7-16(17)23(26)27)19(25)22-14-10-8-12(9-11-14)18(24)21-13-4-1-2-5-13/h3,6-11,13H,1-2,4-5,20H2,(H,21,24)(H,22,25). The SMILES string of the molecule is Nc1c(C(=O)Nc2ccc(C(=O)NC3CCCC3)cc2)cccc1[N+](=O)[O-]. The second-order valence-corrected chi connectivity index (χ2v) is 6.48. The lowest BCUT2D eigenvalue weighted by molar-refractivity contribution is -0.383. The van der Waals surface area contributed by atoms with Gasteiger partial charge in [-0.15, -0.1) is 0 Å². The van der Waals surface area contributed by atoms with Crippen LogP contribution < -0.4 is 16.4 Å². The van der Waals surface area contributed by atoms with Gasteiger partial charge in [-0.25, -0.2) is 0 Å². The minimum absolute atomic E-state index is 0.0206. The average Bonchev–Trinajstić information content (AvgIpc) is 3.15. The minimum atomic E-state index is -0.635. The molecule has 0 aromatic heterocycles. The smallest absolute Gasteiger partial charge is 0.292 e. The van der Waals surface area contributed by atoms with Crippen LogP contribution in [0.25, 0.3) is 0 Å². The summed E-state index contributed by atoms with van der Waals surface area (Å²) in [6, 6.07) is 10.7. The Morgan fingerprint density at radius 1 is 1.04 bits per heavy atom. The molecule has 1 aliphatic rings. The third-order valence-electron chi connectivity index (χ3n) is 4.62. The summed E-state index contributed by atoms with van der Waals surface area (Å²) in [5.41, 5.74) is 6.21. The van der Waals surface area contributed by atoms with Crippen molar-refractivity contribution >= 4 is 28.9 Å². The molecule has 4 N–H and O–H groups in total. The molecule has 0 aliphatic heterocycles. The predicted octanol–water partition coefficient (Wildman–Crippen LogP) is 3.10. The van der Waals surface area contributed by atoms with E-state index in [2.05, 4.69) is 10.6 Å². The Bertz CT molecular complexity index is 874. The fourth-order valence-electron chi connectivity index (χ4n) is 3.15. The molecule has 0 bridgehead atoms. The third kappa shape index (κ3) is 4.22. The first kappa shape index (κ1) is 18.4. The summed E-state index contributed by atoms with van der Waals surface area (Å²) < 4.78 is 0. The van der Waals surface area contributed by atoms with Crippen molar-refractivity contribution in [2.45, 2.75) is 31.7 Å². The van der Waals surface area contributed by atoms with Gasteiger partial charge in [0, 0.05) is 23.4 Å². The summed E-state index contributed by atoms with van der Waals surface area (Å²) in [4.78, 5) is 34.9. The number of nitrogens with one attached hydrogen (secondary N) is 2. The lowest BCUT2D eigenvalue weighted by atomic mass is 10.1. The van der Waals surface area contributed by atoms with Gasteiger partial charge in [0.1, 0.15) is 5.69 Å². The lowest BCUT2D eigenvalue weighted by Crippen LogP contribution is -2.32. The van der Waals surface area contributed by atoms with Gasteiger partial charge in [-0.05, 0) is 43.2 Å². The fourth-order valence-corrected chi connectivity index (χ4v) is 3.15. The number of para-hydroxylation sites is 1. The molecule has 1 aliphatic carbocycles. The largest absolute Gasteiger partial charge is 0.393 e. The van der Waals surface area contributed by atoms with E-state index in [1.807, 2.05) is 0 Å². The lowest BCUT2D eigenvalue weighted by Gasteiger charge is -2.12. The number of nitro groups is 1. The first-order chi connectivity index (χ1) is 13.0. The number of amides is 2. The van der Waals surface area contributed by atoms with E-state index >= 15 is 0 Å². The Morgan fingerprint density at radius 3 is 2.33 bits per heavy atom. The maximum Gasteiger partial charge on any atom is 0.292 e. The molecule has 2 aromatic rings. The molecule has 2 amide bonds. The molecular weight excluding hydrogens is 348 g/mol. The molecule has 8 nitrogen and oxygen atoms in total. The highest BCUT2D eigenvalue weighted by Gasteiger charge is 2.20. The number of rotatable bonds is 5. The number of anilines is 2. The van der Waals surface area contributed by atoms with Gasteiger partial charge in [-0.1, -0.05) is 18.9 Å². The number of carbonyl (C=O) groups excluding carboxylic acids is 2. The fraction of sp³-hybridized carbons (Fsp3) is 0.263. The van der Waals surface area contributed by atoms with Crippen molar-refractivity contribution in [3.05, 3.63) is 63.7 Å². The van der Waals surface area contributed by atoms with E-state index in [1.54, 1.807) is 24.3 Å². The van der Waals surface area contributed by atoms with Crippen molar-refractivity contribution < 1.29 is 14.5 Å². The normalized spacial score (nSPS) is 13.9. The van der Waals surface area contributed by atoms with Gasteiger partial charge in [0.2, 0.25) is 0 Å². The molecule has 0 unspecified atom stereocenters. The van der Waals surface area contributed by atoms with Gasteiger partial charge in [0.25, 0.3) is 17.5 Å². The Labute approximate surface area is 155 Å². The molecule has 3 rings (SSSR count). The molecule has 140 valence electrons. The van der Waals surface area contributed by atoms with E-state index in [-0.39, 0.29) is 28.9 Å². The van der Waals surface area contributed by atoms with Crippen LogP contribution in [0.1, 0.15) is 46.4 Å². The van der Waals surface area contributed by atoms with Crippen molar-refractivity contribution in [2.24, 2.45) is 0 Å². The summed E-state index contributed by atoms with van der Waals surface area (Å²) in [7, 11) is 0. The molecule has 1 fully saturated rings. The molecule has 0 atom stereocenters.